The Hall–Kier alpha value is -2.34. The molecule has 2 aromatic heterocycles. The van der Waals surface area contributed by atoms with E-state index in [1.54, 1.807) is 14.2 Å². The minimum Gasteiger partial charge on any atom is -0.497 e. The van der Waals surface area contributed by atoms with E-state index in [9.17, 15) is 0 Å². The van der Waals surface area contributed by atoms with Gasteiger partial charge in [0.05, 0.1) is 26.3 Å². The van der Waals surface area contributed by atoms with Crippen LogP contribution < -0.4 is 9.47 Å². The van der Waals surface area contributed by atoms with Crippen LogP contribution >= 0.6 is 12.2 Å². The summed E-state index contributed by atoms with van der Waals surface area (Å²) in [6.07, 6.45) is 0. The summed E-state index contributed by atoms with van der Waals surface area (Å²) in [7, 11) is 3.25. The van der Waals surface area contributed by atoms with Gasteiger partial charge in [-0.25, -0.2) is 0 Å². The zero-order chi connectivity index (χ0) is 14.8. The zero-order valence-electron chi connectivity index (χ0n) is 11.8. The van der Waals surface area contributed by atoms with E-state index in [0.717, 1.165) is 22.5 Å². The molecule has 0 unspecified atom stereocenters. The topological polar surface area (TPSA) is 52.1 Å². The predicted octanol–water partition coefficient (Wildman–Crippen LogP) is 3.16. The number of benzene rings is 1. The summed E-state index contributed by atoms with van der Waals surface area (Å²) in [4.78, 5) is 7.62. The summed E-state index contributed by atoms with van der Waals surface area (Å²) >= 11 is 5.39. The number of aromatic amines is 1. The van der Waals surface area contributed by atoms with Crippen molar-refractivity contribution in [3.05, 3.63) is 46.7 Å². The first-order valence-corrected chi connectivity index (χ1v) is 6.88. The highest BCUT2D eigenvalue weighted by Gasteiger charge is 2.08. The standard InChI is InChI=1S/C15H15N3O2S/c1-19-11-5-3-4-10(8-11)9-18-14-12(16-15(18)21)6-7-13(17-14)20-2/h3-8H,9H2,1-2H3,(H,16,21). The molecule has 3 aromatic rings. The molecule has 0 atom stereocenters. The number of imidazole rings is 1. The number of methoxy groups -OCH3 is 2. The van der Waals surface area contributed by atoms with Crippen molar-refractivity contribution in [1.29, 1.82) is 0 Å². The lowest BCUT2D eigenvalue weighted by Crippen LogP contribution is -2.01. The SMILES string of the molecule is COc1cccc(Cn2c(=S)[nH]c3ccc(OC)nc32)c1. The van der Waals surface area contributed by atoms with Gasteiger partial charge in [0, 0.05) is 6.07 Å². The number of aromatic nitrogens is 3. The van der Waals surface area contributed by atoms with Gasteiger partial charge in [-0.05, 0) is 36.0 Å². The highest BCUT2D eigenvalue weighted by molar-refractivity contribution is 7.71. The number of hydrogen-bond acceptors (Lipinski definition) is 4. The van der Waals surface area contributed by atoms with Crippen LogP contribution in [0.2, 0.25) is 0 Å². The van der Waals surface area contributed by atoms with Crippen molar-refractivity contribution >= 4 is 23.4 Å². The highest BCUT2D eigenvalue weighted by atomic mass is 32.1. The van der Waals surface area contributed by atoms with Gasteiger partial charge in [0.15, 0.2) is 10.4 Å². The van der Waals surface area contributed by atoms with Crippen LogP contribution in [0.3, 0.4) is 0 Å². The Bertz CT molecular complexity index is 838. The van der Waals surface area contributed by atoms with Gasteiger partial charge in [-0.1, -0.05) is 12.1 Å². The second-order valence-electron chi connectivity index (χ2n) is 4.59. The Morgan fingerprint density at radius 2 is 2.05 bits per heavy atom. The minimum absolute atomic E-state index is 0.566. The molecule has 0 radical (unpaired) electrons. The number of pyridine rings is 1. The molecule has 0 bridgehead atoms. The van der Waals surface area contributed by atoms with Gasteiger partial charge >= 0.3 is 0 Å². The van der Waals surface area contributed by atoms with E-state index >= 15 is 0 Å². The normalized spacial score (nSPS) is 10.8. The Balaban J connectivity index is 2.06. The summed E-state index contributed by atoms with van der Waals surface area (Å²) in [5.41, 5.74) is 2.77. The molecular formula is C15H15N3O2S. The Labute approximate surface area is 127 Å². The van der Waals surface area contributed by atoms with Gasteiger partial charge in [-0.2, -0.15) is 4.98 Å². The van der Waals surface area contributed by atoms with Crippen LogP contribution in [0.4, 0.5) is 0 Å². The molecule has 1 N–H and O–H groups in total. The molecule has 6 heteroatoms. The molecule has 0 amide bonds. The van der Waals surface area contributed by atoms with Crippen molar-refractivity contribution in [2.45, 2.75) is 6.54 Å². The maximum Gasteiger partial charge on any atom is 0.215 e. The molecule has 0 saturated carbocycles. The summed E-state index contributed by atoms with van der Waals surface area (Å²) < 4.78 is 13.0. The lowest BCUT2D eigenvalue weighted by molar-refractivity contribution is 0.399. The van der Waals surface area contributed by atoms with E-state index in [1.165, 1.54) is 0 Å². The Morgan fingerprint density at radius 3 is 2.81 bits per heavy atom. The molecule has 2 heterocycles. The van der Waals surface area contributed by atoms with Crippen LogP contribution in [0.25, 0.3) is 11.2 Å². The van der Waals surface area contributed by atoms with Crippen molar-refractivity contribution in [3.8, 4) is 11.6 Å². The first-order chi connectivity index (χ1) is 10.2. The number of ether oxygens (including phenoxy) is 2. The molecule has 0 saturated heterocycles. The van der Waals surface area contributed by atoms with Crippen LogP contribution in [0.5, 0.6) is 11.6 Å². The number of nitrogens with one attached hydrogen (secondary N) is 1. The van der Waals surface area contributed by atoms with Crippen LogP contribution in [0.1, 0.15) is 5.56 Å². The lowest BCUT2D eigenvalue weighted by Gasteiger charge is -2.07. The molecule has 0 fully saturated rings. The second-order valence-corrected chi connectivity index (χ2v) is 4.98. The third-order valence-corrected chi connectivity index (χ3v) is 3.60. The summed E-state index contributed by atoms with van der Waals surface area (Å²) in [5.74, 6) is 1.39. The molecule has 0 aliphatic carbocycles. The van der Waals surface area contributed by atoms with Gasteiger partial charge in [0.2, 0.25) is 5.88 Å². The minimum atomic E-state index is 0.566. The van der Waals surface area contributed by atoms with Gasteiger partial charge in [0.1, 0.15) is 5.75 Å². The fourth-order valence-corrected chi connectivity index (χ4v) is 2.49. The highest BCUT2D eigenvalue weighted by Crippen LogP contribution is 2.19. The summed E-state index contributed by atoms with van der Waals surface area (Å²) in [6, 6.07) is 11.6. The Morgan fingerprint density at radius 1 is 1.19 bits per heavy atom. The quantitative estimate of drug-likeness (QED) is 0.752. The molecular weight excluding hydrogens is 286 g/mol. The first kappa shape index (κ1) is 13.6. The van der Waals surface area contributed by atoms with Gasteiger partial charge in [-0.15, -0.1) is 0 Å². The van der Waals surface area contributed by atoms with E-state index in [-0.39, 0.29) is 0 Å². The maximum absolute atomic E-state index is 5.39. The first-order valence-electron chi connectivity index (χ1n) is 6.48. The molecule has 5 nitrogen and oxygen atoms in total. The van der Waals surface area contributed by atoms with Crippen LogP contribution in [-0.4, -0.2) is 28.8 Å². The largest absolute Gasteiger partial charge is 0.497 e. The van der Waals surface area contributed by atoms with Crippen molar-refractivity contribution in [1.82, 2.24) is 14.5 Å². The number of rotatable bonds is 4. The molecule has 1 aromatic carbocycles. The third kappa shape index (κ3) is 2.62. The van der Waals surface area contributed by atoms with E-state index in [2.05, 4.69) is 9.97 Å². The fraction of sp³-hybridized carbons (Fsp3) is 0.200. The number of hydrogen-bond donors (Lipinski definition) is 1. The van der Waals surface area contributed by atoms with Crippen molar-refractivity contribution in [2.75, 3.05) is 14.2 Å². The number of fused-ring (bicyclic) bond motifs is 1. The van der Waals surface area contributed by atoms with E-state index in [4.69, 9.17) is 21.7 Å². The zero-order valence-corrected chi connectivity index (χ0v) is 12.6. The third-order valence-electron chi connectivity index (χ3n) is 3.28. The van der Waals surface area contributed by atoms with Crippen molar-refractivity contribution < 1.29 is 9.47 Å². The van der Waals surface area contributed by atoms with E-state index in [1.807, 2.05) is 41.0 Å². The van der Waals surface area contributed by atoms with Gasteiger partial charge < -0.3 is 14.5 Å². The summed E-state index contributed by atoms with van der Waals surface area (Å²) in [6.45, 7) is 0.621. The smallest absolute Gasteiger partial charge is 0.215 e. The van der Waals surface area contributed by atoms with Crippen molar-refractivity contribution in [3.63, 3.8) is 0 Å². The molecule has 0 aliphatic rings. The van der Waals surface area contributed by atoms with Crippen molar-refractivity contribution in [2.24, 2.45) is 0 Å². The average Bonchev–Trinajstić information content (AvgIpc) is 2.82. The lowest BCUT2D eigenvalue weighted by atomic mass is 10.2. The van der Waals surface area contributed by atoms with Gasteiger partial charge in [-0.3, -0.25) is 4.57 Å². The van der Waals surface area contributed by atoms with Crippen LogP contribution in [0.15, 0.2) is 36.4 Å². The molecule has 3 rings (SSSR count). The summed E-state index contributed by atoms with van der Waals surface area (Å²) in [5, 5.41) is 0. The van der Waals surface area contributed by atoms with Crippen LogP contribution in [0, 0.1) is 4.77 Å². The maximum atomic E-state index is 5.39. The second kappa shape index (κ2) is 5.57. The van der Waals surface area contributed by atoms with Crippen LogP contribution in [-0.2, 0) is 6.54 Å². The molecule has 0 spiro atoms. The monoisotopic (exact) mass is 301 g/mol. The van der Waals surface area contributed by atoms with E-state index in [0.29, 0.717) is 17.2 Å². The van der Waals surface area contributed by atoms with Gasteiger partial charge in [0.25, 0.3) is 0 Å². The molecule has 108 valence electrons. The number of nitrogens with zero attached hydrogens (tertiary/aromatic N) is 2. The molecule has 21 heavy (non-hydrogen) atoms. The average molecular weight is 301 g/mol. The number of H-pyrrole nitrogens is 1. The fourth-order valence-electron chi connectivity index (χ4n) is 2.23. The van der Waals surface area contributed by atoms with E-state index < -0.39 is 0 Å². The predicted molar refractivity (Wildman–Crippen MR) is 83.6 cm³/mol. The molecule has 0 aliphatic heterocycles. The Kier molecular flexibility index (Phi) is 3.62.